The maximum Gasteiger partial charge on any atom is 0.416 e. The number of hydrogen-bond donors (Lipinski definition) is 1. The summed E-state index contributed by atoms with van der Waals surface area (Å²) in [5.41, 5.74) is -0.588. The van der Waals surface area contributed by atoms with Crippen LogP contribution in [0, 0.1) is 0 Å². The van der Waals surface area contributed by atoms with Crippen LogP contribution in [0.25, 0.3) is 5.69 Å². The van der Waals surface area contributed by atoms with E-state index in [0.29, 0.717) is 0 Å². The van der Waals surface area contributed by atoms with Crippen LogP contribution in [-0.4, -0.2) is 24.2 Å². The van der Waals surface area contributed by atoms with Gasteiger partial charge in [-0.3, -0.25) is 0 Å². The van der Waals surface area contributed by atoms with Gasteiger partial charge in [-0.1, -0.05) is 0 Å². The van der Waals surface area contributed by atoms with Crippen molar-refractivity contribution >= 4 is 10.0 Å². The van der Waals surface area contributed by atoms with Crippen LogP contribution in [0.3, 0.4) is 0 Å². The van der Waals surface area contributed by atoms with Crippen LogP contribution in [0.4, 0.5) is 13.2 Å². The lowest BCUT2D eigenvalue weighted by atomic mass is 10.2. The first-order valence-corrected chi connectivity index (χ1v) is 7.83. The molecule has 0 aliphatic heterocycles. The van der Waals surface area contributed by atoms with Crippen LogP contribution < -0.4 is 4.72 Å². The van der Waals surface area contributed by atoms with Crippen molar-refractivity contribution in [1.29, 1.82) is 0 Å². The number of nitrogens with one attached hydrogen (secondary N) is 1. The van der Waals surface area contributed by atoms with Gasteiger partial charge in [0.2, 0.25) is 0 Å². The molecule has 0 aliphatic carbocycles. The summed E-state index contributed by atoms with van der Waals surface area (Å²) in [5, 5.41) is 3.73. The molecule has 1 heterocycles. The number of sulfonamides is 1. The molecule has 1 aromatic carbocycles. The minimum atomic E-state index is -4.45. The number of nitrogens with zero attached hydrogens (tertiary/aromatic N) is 2. The number of halogens is 3. The molecular weight excluding hydrogens is 319 g/mol. The van der Waals surface area contributed by atoms with Crippen LogP contribution in [0.5, 0.6) is 0 Å². The monoisotopic (exact) mass is 333 g/mol. The quantitative estimate of drug-likeness (QED) is 0.935. The van der Waals surface area contributed by atoms with E-state index in [0.717, 1.165) is 16.8 Å². The lowest BCUT2D eigenvalue weighted by Crippen LogP contribution is -2.31. The molecule has 1 aromatic heterocycles. The number of benzene rings is 1. The summed E-state index contributed by atoms with van der Waals surface area (Å²) in [6.07, 6.45) is -3.18. The number of alkyl halides is 3. The van der Waals surface area contributed by atoms with E-state index in [1.54, 1.807) is 13.8 Å². The molecule has 2 aromatic rings. The Hall–Kier alpha value is -1.87. The van der Waals surface area contributed by atoms with Gasteiger partial charge in [-0.05, 0) is 44.2 Å². The van der Waals surface area contributed by atoms with E-state index in [1.807, 2.05) is 0 Å². The van der Waals surface area contributed by atoms with Crippen molar-refractivity contribution in [2.24, 2.45) is 0 Å². The van der Waals surface area contributed by atoms with Crippen LogP contribution in [0.2, 0.25) is 0 Å². The first kappa shape index (κ1) is 16.5. The highest BCUT2D eigenvalue weighted by Gasteiger charge is 2.30. The summed E-state index contributed by atoms with van der Waals surface area (Å²) in [6, 6.07) is 5.06. The SMILES string of the molecule is CC(C)NS(=O)(=O)c1ccnn1-c1ccc(C(F)(F)F)cc1. The average molecular weight is 333 g/mol. The number of rotatable bonds is 4. The molecule has 0 unspecified atom stereocenters. The van der Waals surface area contributed by atoms with E-state index in [-0.39, 0.29) is 16.8 Å². The molecule has 5 nitrogen and oxygen atoms in total. The van der Waals surface area contributed by atoms with Crippen molar-refractivity contribution in [2.45, 2.75) is 31.1 Å². The Morgan fingerprint density at radius 3 is 2.23 bits per heavy atom. The summed E-state index contributed by atoms with van der Waals surface area (Å²) < 4.78 is 65.5. The second-order valence-corrected chi connectivity index (χ2v) is 6.56. The molecule has 0 fully saturated rings. The first-order chi connectivity index (χ1) is 10.1. The van der Waals surface area contributed by atoms with Crippen molar-refractivity contribution in [1.82, 2.24) is 14.5 Å². The summed E-state index contributed by atoms with van der Waals surface area (Å²) in [6.45, 7) is 3.33. The third kappa shape index (κ3) is 3.47. The second-order valence-electron chi connectivity index (χ2n) is 4.90. The standard InChI is InChI=1S/C13H14F3N3O2S/c1-9(2)18-22(20,21)12-7-8-17-19(12)11-5-3-10(4-6-11)13(14,15)16/h3-9,18H,1-2H3. The lowest BCUT2D eigenvalue weighted by molar-refractivity contribution is -0.137. The summed E-state index contributed by atoms with van der Waals surface area (Å²) in [5.74, 6) is 0. The van der Waals surface area contributed by atoms with Gasteiger partial charge in [0.05, 0.1) is 17.4 Å². The molecular formula is C13H14F3N3O2S. The highest BCUT2D eigenvalue weighted by Crippen LogP contribution is 2.29. The fourth-order valence-electron chi connectivity index (χ4n) is 1.85. The molecule has 9 heteroatoms. The van der Waals surface area contributed by atoms with Gasteiger partial charge in [0.25, 0.3) is 10.0 Å². The predicted octanol–water partition coefficient (Wildman–Crippen LogP) is 2.58. The van der Waals surface area contributed by atoms with Crippen LogP contribution in [-0.2, 0) is 16.2 Å². The third-order valence-electron chi connectivity index (χ3n) is 2.71. The minimum Gasteiger partial charge on any atom is -0.221 e. The molecule has 0 amide bonds. The topological polar surface area (TPSA) is 64.0 Å². The Morgan fingerprint density at radius 2 is 1.73 bits per heavy atom. The van der Waals surface area contributed by atoms with Crippen molar-refractivity contribution in [2.75, 3.05) is 0 Å². The van der Waals surface area contributed by atoms with Gasteiger partial charge in [-0.25, -0.2) is 17.8 Å². The van der Waals surface area contributed by atoms with Crippen molar-refractivity contribution < 1.29 is 21.6 Å². The van der Waals surface area contributed by atoms with E-state index in [9.17, 15) is 21.6 Å². The fourth-order valence-corrected chi connectivity index (χ4v) is 3.21. The smallest absolute Gasteiger partial charge is 0.221 e. The molecule has 0 saturated heterocycles. The van der Waals surface area contributed by atoms with Gasteiger partial charge in [0.15, 0.2) is 5.03 Å². The molecule has 2 rings (SSSR count). The molecule has 0 bridgehead atoms. The highest BCUT2D eigenvalue weighted by atomic mass is 32.2. The molecule has 120 valence electrons. The largest absolute Gasteiger partial charge is 0.416 e. The molecule has 0 spiro atoms. The van der Waals surface area contributed by atoms with E-state index in [4.69, 9.17) is 0 Å². The van der Waals surface area contributed by atoms with Gasteiger partial charge < -0.3 is 0 Å². The Bertz CT molecular complexity index is 750. The second kappa shape index (κ2) is 5.73. The van der Waals surface area contributed by atoms with Crippen molar-refractivity contribution in [3.8, 4) is 5.69 Å². The van der Waals surface area contributed by atoms with Crippen LogP contribution in [0.1, 0.15) is 19.4 Å². The summed E-state index contributed by atoms with van der Waals surface area (Å²) >= 11 is 0. The maximum absolute atomic E-state index is 12.5. The van der Waals surface area contributed by atoms with Crippen molar-refractivity contribution in [3.05, 3.63) is 42.1 Å². The molecule has 0 aliphatic rings. The van der Waals surface area contributed by atoms with Crippen molar-refractivity contribution in [3.63, 3.8) is 0 Å². The zero-order chi connectivity index (χ0) is 16.5. The zero-order valence-corrected chi connectivity index (χ0v) is 12.6. The molecule has 0 radical (unpaired) electrons. The van der Waals surface area contributed by atoms with Gasteiger partial charge in [-0.2, -0.15) is 18.3 Å². The Kier molecular flexibility index (Phi) is 4.30. The number of hydrogen-bond acceptors (Lipinski definition) is 3. The third-order valence-corrected chi connectivity index (χ3v) is 4.35. The van der Waals surface area contributed by atoms with Crippen LogP contribution >= 0.6 is 0 Å². The first-order valence-electron chi connectivity index (χ1n) is 6.35. The van der Waals surface area contributed by atoms with Gasteiger partial charge in [0.1, 0.15) is 0 Å². The van der Waals surface area contributed by atoms with E-state index >= 15 is 0 Å². The molecule has 1 N–H and O–H groups in total. The Balaban J connectivity index is 2.42. The van der Waals surface area contributed by atoms with E-state index in [1.165, 1.54) is 24.4 Å². The molecule has 22 heavy (non-hydrogen) atoms. The highest BCUT2D eigenvalue weighted by molar-refractivity contribution is 7.89. The number of aromatic nitrogens is 2. The van der Waals surface area contributed by atoms with Gasteiger partial charge in [0, 0.05) is 6.04 Å². The molecule has 0 saturated carbocycles. The zero-order valence-electron chi connectivity index (χ0n) is 11.8. The minimum absolute atomic E-state index is 0.138. The predicted molar refractivity (Wildman–Crippen MR) is 74.0 cm³/mol. The Morgan fingerprint density at radius 1 is 1.14 bits per heavy atom. The Labute approximate surface area is 125 Å². The summed E-state index contributed by atoms with van der Waals surface area (Å²) in [7, 11) is -3.81. The normalized spacial score (nSPS) is 12.8. The van der Waals surface area contributed by atoms with E-state index in [2.05, 4.69) is 9.82 Å². The van der Waals surface area contributed by atoms with E-state index < -0.39 is 21.8 Å². The maximum atomic E-state index is 12.5. The summed E-state index contributed by atoms with van der Waals surface area (Å²) in [4.78, 5) is 0. The lowest BCUT2D eigenvalue weighted by Gasteiger charge is -2.12. The molecule has 0 atom stereocenters. The van der Waals surface area contributed by atoms with Gasteiger partial charge >= 0.3 is 6.18 Å². The van der Waals surface area contributed by atoms with Crippen LogP contribution in [0.15, 0.2) is 41.6 Å². The van der Waals surface area contributed by atoms with Gasteiger partial charge in [-0.15, -0.1) is 0 Å². The fraction of sp³-hybridized carbons (Fsp3) is 0.308. The average Bonchev–Trinajstić information content (AvgIpc) is 2.86.